The van der Waals surface area contributed by atoms with Gasteiger partial charge in [0.15, 0.2) is 0 Å². The maximum absolute atomic E-state index is 12.9. The molecule has 0 saturated carbocycles. The molecule has 5 aromatic rings. The zero-order valence-corrected chi connectivity index (χ0v) is 32.6. The lowest BCUT2D eigenvalue weighted by Gasteiger charge is -2.27. The molecule has 2 aromatic heterocycles. The highest BCUT2D eigenvalue weighted by Crippen LogP contribution is 2.38. The van der Waals surface area contributed by atoms with Gasteiger partial charge in [-0.3, -0.25) is 9.80 Å². The smallest absolute Gasteiger partial charge is 0.410 e. The van der Waals surface area contributed by atoms with Gasteiger partial charge in [-0.1, -0.05) is 35.9 Å². The molecule has 2 saturated heterocycles. The molecule has 3 aromatic carbocycles. The summed E-state index contributed by atoms with van der Waals surface area (Å²) >= 11 is 6.86. The molecule has 2 atom stereocenters. The number of fused-ring (bicyclic) bond motifs is 2. The summed E-state index contributed by atoms with van der Waals surface area (Å²) in [7, 11) is 0. The number of hydrogen-bond acceptors (Lipinski definition) is 6. The first-order chi connectivity index (χ1) is 23.2. The Morgan fingerprint density at radius 3 is 1.90 bits per heavy atom. The van der Waals surface area contributed by atoms with Crippen LogP contribution in [0.25, 0.3) is 44.2 Å². The molecule has 2 amide bonds. The third-order valence-corrected chi connectivity index (χ3v) is 9.35. The van der Waals surface area contributed by atoms with E-state index in [2.05, 4.69) is 51.4 Å². The largest absolute Gasteiger partial charge is 0.444 e. The van der Waals surface area contributed by atoms with Crippen LogP contribution < -0.4 is 0 Å². The van der Waals surface area contributed by atoms with Crippen molar-refractivity contribution in [2.24, 2.45) is 0 Å². The van der Waals surface area contributed by atoms with Crippen LogP contribution in [-0.2, 0) is 9.47 Å². The minimum absolute atomic E-state index is 0. The van der Waals surface area contributed by atoms with Gasteiger partial charge < -0.3 is 19.4 Å². The Morgan fingerprint density at radius 1 is 0.765 bits per heavy atom. The Kier molecular flexibility index (Phi) is 11.0. The minimum atomic E-state index is -0.563. The van der Waals surface area contributed by atoms with E-state index in [0.29, 0.717) is 18.1 Å². The Bertz CT molecular complexity index is 2070. The number of aromatic nitrogens is 4. The number of amides is 2. The molecule has 2 aliphatic heterocycles. The zero-order chi connectivity index (χ0) is 34.7. The quantitative estimate of drug-likeness (QED) is 0.189. The Labute approximate surface area is 317 Å². The highest BCUT2D eigenvalue weighted by Gasteiger charge is 2.36. The van der Waals surface area contributed by atoms with E-state index in [4.69, 9.17) is 26.1 Å². The van der Waals surface area contributed by atoms with Crippen LogP contribution in [0.2, 0.25) is 5.02 Å². The van der Waals surface area contributed by atoms with Crippen LogP contribution in [-0.4, -0.2) is 66.2 Å². The highest BCUT2D eigenvalue weighted by molar-refractivity contribution is 7.59. The number of benzene rings is 3. The predicted octanol–water partition coefficient (Wildman–Crippen LogP) is 9.80. The van der Waals surface area contributed by atoms with Crippen molar-refractivity contribution in [3.05, 3.63) is 71.4 Å². The first-order valence-corrected chi connectivity index (χ1v) is 17.4. The Morgan fingerprint density at radius 2 is 1.31 bits per heavy atom. The Balaban J connectivity index is 0.00000252. The summed E-state index contributed by atoms with van der Waals surface area (Å²) in [5.41, 5.74) is 4.29. The van der Waals surface area contributed by atoms with E-state index in [-0.39, 0.29) is 51.3 Å². The molecule has 13 heteroatoms. The summed E-state index contributed by atoms with van der Waals surface area (Å²) in [5, 5.41) is 2.77. The first kappa shape index (κ1) is 38.4. The fraction of sp³-hybridized carbons (Fsp3) is 0.421. The number of carbonyl (C=O) groups is 2. The predicted molar refractivity (Wildman–Crippen MR) is 212 cm³/mol. The fourth-order valence-corrected chi connectivity index (χ4v) is 7.12. The number of carbonyl (C=O) groups excluding carboxylic acids is 2. The van der Waals surface area contributed by atoms with Crippen LogP contribution in [0.5, 0.6) is 0 Å². The molecule has 7 rings (SSSR count). The second-order valence-corrected chi connectivity index (χ2v) is 15.5. The molecule has 51 heavy (non-hydrogen) atoms. The molecular formula is C38H47ClN6O4S2. The SMILES string of the molecule is CC(C)(C)OC(=O)N1CCC[C@H]1c1ncc(-c2ccc3cc(-c4cc5nc([C@@H]6CCCN6C(=O)OC(C)(C)C)[nH]c5cc4Cl)ccc3c2)[nH]1.S.S. The topological polar surface area (TPSA) is 116 Å². The van der Waals surface area contributed by atoms with Crippen molar-refractivity contribution in [1.82, 2.24) is 29.7 Å². The number of nitrogens with zero attached hydrogens (tertiary/aromatic N) is 4. The van der Waals surface area contributed by atoms with Crippen LogP contribution >= 0.6 is 38.6 Å². The number of nitrogens with one attached hydrogen (secondary N) is 2. The van der Waals surface area contributed by atoms with Gasteiger partial charge in [0, 0.05) is 24.2 Å². The summed E-state index contributed by atoms with van der Waals surface area (Å²) in [6.45, 7) is 12.6. The lowest BCUT2D eigenvalue weighted by Crippen LogP contribution is -2.36. The first-order valence-electron chi connectivity index (χ1n) is 17.0. The molecule has 0 aliphatic carbocycles. The van der Waals surface area contributed by atoms with Crippen LogP contribution in [0.15, 0.2) is 54.7 Å². The second-order valence-electron chi connectivity index (χ2n) is 15.1. The number of imidazole rings is 2. The molecule has 0 radical (unpaired) electrons. The van der Waals surface area contributed by atoms with Crippen LogP contribution in [0, 0.1) is 0 Å². The molecular weight excluding hydrogens is 704 g/mol. The molecule has 0 spiro atoms. The molecule has 0 unspecified atom stereocenters. The number of ether oxygens (including phenoxy) is 2. The summed E-state index contributed by atoms with van der Waals surface area (Å²) < 4.78 is 11.3. The fourth-order valence-electron chi connectivity index (χ4n) is 6.84. The summed E-state index contributed by atoms with van der Waals surface area (Å²) in [6, 6.07) is 16.2. The van der Waals surface area contributed by atoms with E-state index in [1.165, 1.54) is 0 Å². The van der Waals surface area contributed by atoms with Gasteiger partial charge in [0.05, 0.1) is 40.0 Å². The number of H-pyrrole nitrogens is 2. The standard InChI is InChI=1S/C38H43ClN6O4.2H2S/c1-37(2,3)48-35(46)44-15-7-9-31(44)33-40-21-30(43-33)25-14-12-22-17-24(13-11-23(22)18-25)26-19-28-29(20-27(26)39)42-34(41-28)32-10-8-16-45(32)36(47)49-38(4,5)6;;/h11-14,17-21,31-32H,7-10,15-16H2,1-6H3,(H,40,43)(H,41,42);2*1H2/t31-,32-;;/m0../s1. The average molecular weight is 751 g/mol. The van der Waals surface area contributed by atoms with Gasteiger partial charge in [0.2, 0.25) is 0 Å². The number of hydrogen-bond donors (Lipinski definition) is 2. The van der Waals surface area contributed by atoms with Crippen molar-refractivity contribution < 1.29 is 19.1 Å². The maximum Gasteiger partial charge on any atom is 0.410 e. The third-order valence-electron chi connectivity index (χ3n) is 9.04. The monoisotopic (exact) mass is 750 g/mol. The van der Waals surface area contributed by atoms with E-state index in [9.17, 15) is 9.59 Å². The van der Waals surface area contributed by atoms with E-state index in [1.54, 1.807) is 9.80 Å². The molecule has 2 fully saturated rings. The number of halogens is 1. The lowest BCUT2D eigenvalue weighted by molar-refractivity contribution is 0.0208. The van der Waals surface area contributed by atoms with E-state index in [1.807, 2.05) is 59.9 Å². The van der Waals surface area contributed by atoms with Crippen molar-refractivity contribution >= 4 is 72.6 Å². The highest BCUT2D eigenvalue weighted by atomic mass is 35.5. The van der Waals surface area contributed by atoms with Crippen LogP contribution in [0.1, 0.15) is 91.0 Å². The molecule has 2 aliphatic rings. The summed E-state index contributed by atoms with van der Waals surface area (Å²) in [6.07, 6.45) is 4.66. The third kappa shape index (κ3) is 8.13. The van der Waals surface area contributed by atoms with Gasteiger partial charge in [0.1, 0.15) is 22.9 Å². The van der Waals surface area contributed by atoms with Crippen molar-refractivity contribution in [3.8, 4) is 22.4 Å². The van der Waals surface area contributed by atoms with Gasteiger partial charge in [-0.15, -0.1) is 0 Å². The minimum Gasteiger partial charge on any atom is -0.444 e. The molecule has 0 bridgehead atoms. The van der Waals surface area contributed by atoms with Crippen molar-refractivity contribution in [3.63, 3.8) is 0 Å². The van der Waals surface area contributed by atoms with Gasteiger partial charge >= 0.3 is 12.2 Å². The second kappa shape index (κ2) is 14.6. The molecule has 272 valence electrons. The van der Waals surface area contributed by atoms with E-state index >= 15 is 0 Å². The van der Waals surface area contributed by atoms with Crippen molar-refractivity contribution in [2.75, 3.05) is 13.1 Å². The van der Waals surface area contributed by atoms with Gasteiger partial charge in [0.25, 0.3) is 0 Å². The average Bonchev–Trinajstić information content (AvgIpc) is 3.84. The van der Waals surface area contributed by atoms with Crippen molar-refractivity contribution in [1.29, 1.82) is 0 Å². The van der Waals surface area contributed by atoms with E-state index in [0.717, 1.165) is 81.5 Å². The van der Waals surface area contributed by atoms with Gasteiger partial charge in [-0.05, 0) is 108 Å². The number of likely N-dealkylation sites (tertiary alicyclic amines) is 2. The zero-order valence-electron chi connectivity index (χ0n) is 29.9. The summed E-state index contributed by atoms with van der Waals surface area (Å²) in [5.74, 6) is 1.51. The van der Waals surface area contributed by atoms with E-state index < -0.39 is 11.2 Å². The molecule has 2 N–H and O–H groups in total. The molecule has 4 heterocycles. The van der Waals surface area contributed by atoms with Gasteiger partial charge in [-0.25, -0.2) is 19.6 Å². The maximum atomic E-state index is 12.9. The summed E-state index contributed by atoms with van der Waals surface area (Å²) in [4.78, 5) is 45.8. The molecule has 10 nitrogen and oxygen atoms in total. The number of aromatic amines is 2. The lowest BCUT2D eigenvalue weighted by atomic mass is 9.99. The van der Waals surface area contributed by atoms with Crippen molar-refractivity contribution in [2.45, 2.75) is 90.5 Å². The normalized spacial score (nSPS) is 17.8. The number of rotatable bonds is 4. The Hall–Kier alpha value is -3.87. The van der Waals surface area contributed by atoms with Crippen LogP contribution in [0.4, 0.5) is 9.59 Å². The van der Waals surface area contributed by atoms with Crippen LogP contribution in [0.3, 0.4) is 0 Å². The van der Waals surface area contributed by atoms with Gasteiger partial charge in [-0.2, -0.15) is 27.0 Å².